The van der Waals surface area contributed by atoms with Crippen LogP contribution in [0.1, 0.15) is 0 Å². The minimum Gasteiger partial charge on any atom is -0.618 e. The number of nitro groups is 1. The van der Waals surface area contributed by atoms with Crippen LogP contribution in [-0.4, -0.2) is 4.92 Å². The largest absolute Gasteiger partial charge is 0.618 e. The molecule has 0 fully saturated rings. The van der Waals surface area contributed by atoms with Gasteiger partial charge in [-0.3, -0.25) is 10.1 Å². The van der Waals surface area contributed by atoms with Gasteiger partial charge >= 0.3 is 10.8 Å². The fourth-order valence-electron chi connectivity index (χ4n) is 1.34. The maximum atomic E-state index is 11.2. The Balaban J connectivity index is 2.40. The molecule has 6 nitrogen and oxygen atoms in total. The molecule has 1 heterocycles. The molecule has 0 aliphatic carbocycles. The number of halogens is 1. The van der Waals surface area contributed by atoms with E-state index in [2.05, 4.69) is 0 Å². The summed E-state index contributed by atoms with van der Waals surface area (Å²) in [5.74, 6) is 0.0825. The fraction of sp³-hybridized carbons (Fsp3) is 0. The summed E-state index contributed by atoms with van der Waals surface area (Å²) in [6.45, 7) is 0. The number of rotatable bonds is 3. The van der Waals surface area contributed by atoms with Gasteiger partial charge in [0.2, 0.25) is 11.5 Å². The molecule has 92 valence electrons. The highest BCUT2D eigenvalue weighted by Gasteiger charge is 2.18. The first kappa shape index (κ1) is 12.1. The quantitative estimate of drug-likeness (QED) is 0.281. The van der Waals surface area contributed by atoms with E-state index in [4.69, 9.17) is 16.3 Å². The van der Waals surface area contributed by atoms with Gasteiger partial charge in [-0.15, -0.1) is 0 Å². The van der Waals surface area contributed by atoms with E-state index < -0.39 is 4.92 Å². The summed E-state index contributed by atoms with van der Waals surface area (Å²) in [5, 5.41) is 21.8. The molecular formula is C11H7ClN2O4. The first-order chi connectivity index (χ1) is 8.59. The van der Waals surface area contributed by atoms with Gasteiger partial charge in [0.1, 0.15) is 0 Å². The Morgan fingerprint density at radius 1 is 1.17 bits per heavy atom. The molecule has 0 amide bonds. The smallest absolute Gasteiger partial charge is 0.329 e. The third-order valence-electron chi connectivity index (χ3n) is 2.15. The number of para-hydroxylation sites is 2. The van der Waals surface area contributed by atoms with Gasteiger partial charge in [0, 0.05) is 12.1 Å². The molecule has 7 heteroatoms. The number of benzene rings is 1. The lowest BCUT2D eigenvalue weighted by atomic mass is 10.3. The molecule has 0 unspecified atom stereocenters. The number of nitro benzene ring substituents is 1. The second-order valence-electron chi connectivity index (χ2n) is 3.32. The molecule has 2 aromatic rings. The van der Waals surface area contributed by atoms with E-state index >= 15 is 0 Å². The monoisotopic (exact) mass is 266 g/mol. The zero-order chi connectivity index (χ0) is 13.1. The van der Waals surface area contributed by atoms with E-state index in [-0.39, 0.29) is 22.3 Å². The lowest BCUT2D eigenvalue weighted by Gasteiger charge is -2.07. The van der Waals surface area contributed by atoms with Crippen molar-refractivity contribution in [2.75, 3.05) is 0 Å². The predicted octanol–water partition coefficient (Wildman–Crippen LogP) is 2.67. The van der Waals surface area contributed by atoms with Gasteiger partial charge in [-0.25, -0.2) is 0 Å². The van der Waals surface area contributed by atoms with Crippen molar-refractivity contribution in [1.82, 2.24) is 0 Å². The number of pyridine rings is 1. The van der Waals surface area contributed by atoms with E-state index in [1.54, 1.807) is 6.07 Å². The molecule has 0 saturated heterocycles. The van der Waals surface area contributed by atoms with Crippen LogP contribution < -0.4 is 9.47 Å². The van der Waals surface area contributed by atoms with Gasteiger partial charge in [0.15, 0.2) is 6.20 Å². The zero-order valence-corrected chi connectivity index (χ0v) is 9.70. The second-order valence-corrected chi connectivity index (χ2v) is 3.67. The zero-order valence-electron chi connectivity index (χ0n) is 8.95. The van der Waals surface area contributed by atoms with Crippen molar-refractivity contribution in [3.05, 3.63) is 63.1 Å². The van der Waals surface area contributed by atoms with E-state index in [9.17, 15) is 15.3 Å². The van der Waals surface area contributed by atoms with Gasteiger partial charge in [-0.2, -0.15) is 4.73 Å². The van der Waals surface area contributed by atoms with Gasteiger partial charge in [0.25, 0.3) is 0 Å². The topological polar surface area (TPSA) is 79.3 Å². The van der Waals surface area contributed by atoms with E-state index in [0.717, 1.165) is 0 Å². The highest BCUT2D eigenvalue weighted by atomic mass is 35.5. The number of hydrogen-bond acceptors (Lipinski definition) is 4. The first-order valence-corrected chi connectivity index (χ1v) is 5.26. The number of hydrogen-bond donors (Lipinski definition) is 0. The van der Waals surface area contributed by atoms with Gasteiger partial charge in [-0.05, 0) is 23.7 Å². The highest BCUT2D eigenvalue weighted by molar-refractivity contribution is 6.29. The molecule has 0 radical (unpaired) electrons. The Labute approximate surface area is 107 Å². The van der Waals surface area contributed by atoms with E-state index in [1.165, 1.54) is 36.5 Å². The van der Waals surface area contributed by atoms with Crippen LogP contribution in [0, 0.1) is 15.3 Å². The Morgan fingerprint density at radius 2 is 1.83 bits per heavy atom. The van der Waals surface area contributed by atoms with Crippen LogP contribution in [0.4, 0.5) is 5.69 Å². The second kappa shape index (κ2) is 4.89. The maximum Gasteiger partial charge on any atom is 0.329 e. The summed E-state index contributed by atoms with van der Waals surface area (Å²) in [6, 6.07) is 8.72. The van der Waals surface area contributed by atoms with Crippen LogP contribution >= 0.6 is 11.6 Å². The molecule has 1 aromatic carbocycles. The average molecular weight is 267 g/mol. The third-order valence-corrected chi connectivity index (χ3v) is 2.50. The van der Waals surface area contributed by atoms with Crippen molar-refractivity contribution >= 4 is 17.3 Å². The molecule has 2 rings (SSSR count). The summed E-state index contributed by atoms with van der Waals surface area (Å²) >= 11 is 5.73. The summed E-state index contributed by atoms with van der Waals surface area (Å²) in [7, 11) is 0. The third kappa shape index (κ3) is 2.33. The molecule has 18 heavy (non-hydrogen) atoms. The molecular weight excluding hydrogens is 260 g/mol. The molecule has 0 aliphatic rings. The lowest BCUT2D eigenvalue weighted by molar-refractivity contribution is -0.603. The van der Waals surface area contributed by atoms with Gasteiger partial charge in [-0.1, -0.05) is 12.1 Å². The van der Waals surface area contributed by atoms with Crippen molar-refractivity contribution in [2.24, 2.45) is 0 Å². The maximum absolute atomic E-state index is 11.2. The molecule has 0 aliphatic heterocycles. The Kier molecular flexibility index (Phi) is 3.29. The average Bonchev–Trinajstić information content (AvgIpc) is 2.35. The summed E-state index contributed by atoms with van der Waals surface area (Å²) in [5.41, 5.74) is -0.199. The normalized spacial score (nSPS) is 10.1. The molecule has 0 bridgehead atoms. The summed E-state index contributed by atoms with van der Waals surface area (Å²) < 4.78 is 5.70. The van der Waals surface area contributed by atoms with Crippen LogP contribution in [0.5, 0.6) is 11.5 Å². The minimum absolute atomic E-state index is 0.0237. The van der Waals surface area contributed by atoms with Crippen molar-refractivity contribution in [3.63, 3.8) is 0 Å². The molecule has 0 spiro atoms. The predicted molar refractivity (Wildman–Crippen MR) is 63.6 cm³/mol. The van der Waals surface area contributed by atoms with Crippen LogP contribution in [0.3, 0.4) is 0 Å². The molecule has 0 N–H and O–H groups in total. The van der Waals surface area contributed by atoms with Crippen molar-refractivity contribution in [2.45, 2.75) is 0 Å². The first-order valence-electron chi connectivity index (χ1n) is 4.88. The van der Waals surface area contributed by atoms with Crippen molar-refractivity contribution in [3.8, 4) is 11.5 Å². The number of aromatic nitrogens is 1. The summed E-state index contributed by atoms with van der Waals surface area (Å²) in [4.78, 5) is 10.2. The molecule has 0 atom stereocenters. The highest BCUT2D eigenvalue weighted by Crippen LogP contribution is 2.32. The van der Waals surface area contributed by atoms with Gasteiger partial charge in [0.05, 0.1) is 4.92 Å². The van der Waals surface area contributed by atoms with Crippen molar-refractivity contribution < 1.29 is 14.4 Å². The minimum atomic E-state index is -0.572. The standard InChI is InChI=1S/C11H7ClN2O4/c12-11-10(6-3-7-13(11)15)18-9-5-2-1-4-8(9)14(16)17/h1-7H. The Morgan fingerprint density at radius 3 is 2.56 bits per heavy atom. The number of nitrogens with zero attached hydrogens (tertiary/aromatic N) is 2. The molecule has 1 aromatic heterocycles. The fourth-order valence-corrected chi connectivity index (χ4v) is 1.50. The Hall–Kier alpha value is -2.34. The van der Waals surface area contributed by atoms with Crippen LogP contribution in [-0.2, 0) is 0 Å². The van der Waals surface area contributed by atoms with E-state index in [0.29, 0.717) is 4.73 Å². The molecule has 0 saturated carbocycles. The Bertz CT molecular complexity index is 603. The van der Waals surface area contributed by atoms with Crippen LogP contribution in [0.25, 0.3) is 0 Å². The number of ether oxygens (including phenoxy) is 1. The lowest BCUT2D eigenvalue weighted by Crippen LogP contribution is -2.26. The van der Waals surface area contributed by atoms with Gasteiger partial charge < -0.3 is 9.94 Å². The van der Waals surface area contributed by atoms with Crippen molar-refractivity contribution in [1.29, 1.82) is 0 Å². The van der Waals surface area contributed by atoms with Crippen LogP contribution in [0.15, 0.2) is 42.6 Å². The summed E-state index contributed by atoms with van der Waals surface area (Å²) in [6.07, 6.45) is 1.20. The van der Waals surface area contributed by atoms with E-state index in [1.807, 2.05) is 0 Å². The van der Waals surface area contributed by atoms with Crippen LogP contribution in [0.2, 0.25) is 5.15 Å². The SMILES string of the molecule is O=[N+]([O-])c1ccccc1Oc1ccc[n+]([O-])c1Cl.